The number of rotatable bonds is 6. The maximum atomic E-state index is 12.5. The summed E-state index contributed by atoms with van der Waals surface area (Å²) in [6.45, 7) is 4.04. The maximum absolute atomic E-state index is 12.5. The molecule has 2 aromatic rings. The number of hydrogen-bond acceptors (Lipinski definition) is 5. The number of hydrogen-bond donors (Lipinski definition) is 1. The first-order valence-corrected chi connectivity index (χ1v) is 9.99. The van der Waals surface area contributed by atoms with Crippen LogP contribution >= 0.6 is 11.6 Å². The van der Waals surface area contributed by atoms with Crippen LogP contribution in [-0.4, -0.2) is 59.3 Å². The highest BCUT2D eigenvalue weighted by Crippen LogP contribution is 2.22. The van der Waals surface area contributed by atoms with Crippen molar-refractivity contribution in [2.45, 2.75) is 13.3 Å². The molecule has 1 aliphatic rings. The van der Waals surface area contributed by atoms with E-state index in [0.717, 1.165) is 5.56 Å². The van der Waals surface area contributed by atoms with Crippen LogP contribution in [0.15, 0.2) is 42.5 Å². The van der Waals surface area contributed by atoms with Crippen LogP contribution in [-0.2, 0) is 16.0 Å². The second kappa shape index (κ2) is 9.69. The molecule has 0 spiro atoms. The van der Waals surface area contributed by atoms with Crippen molar-refractivity contribution in [2.24, 2.45) is 0 Å². The molecule has 158 valence electrons. The molecule has 0 saturated carbocycles. The lowest BCUT2D eigenvalue weighted by molar-refractivity contribution is -0.385. The van der Waals surface area contributed by atoms with Gasteiger partial charge in [-0.05, 0) is 24.6 Å². The number of nitro groups is 1. The molecule has 2 amide bonds. The second-order valence-corrected chi connectivity index (χ2v) is 7.64. The highest BCUT2D eigenvalue weighted by molar-refractivity contribution is 6.31. The average molecular weight is 431 g/mol. The van der Waals surface area contributed by atoms with Gasteiger partial charge in [-0.3, -0.25) is 24.6 Å². The summed E-state index contributed by atoms with van der Waals surface area (Å²) in [5.74, 6) is -0.233. The van der Waals surface area contributed by atoms with Crippen LogP contribution in [0.1, 0.15) is 11.1 Å². The number of benzene rings is 2. The standard InChI is InChI=1S/C21H23ClN4O4/c1-15-6-7-17(13-19(15)26(29)30)23-20(27)14-24-8-10-25(11-9-24)21(28)12-16-4-2-3-5-18(16)22/h2-7,13H,8-12,14H2,1H3,(H,23,27). The fraction of sp³-hybridized carbons (Fsp3) is 0.333. The molecule has 1 fully saturated rings. The van der Waals surface area contributed by atoms with E-state index in [2.05, 4.69) is 5.32 Å². The van der Waals surface area contributed by atoms with Crippen molar-refractivity contribution in [3.05, 3.63) is 68.7 Å². The highest BCUT2D eigenvalue weighted by Gasteiger charge is 2.23. The molecule has 8 nitrogen and oxygen atoms in total. The Morgan fingerprint density at radius 3 is 2.50 bits per heavy atom. The number of amides is 2. The first kappa shape index (κ1) is 21.7. The van der Waals surface area contributed by atoms with Crippen molar-refractivity contribution in [3.8, 4) is 0 Å². The van der Waals surface area contributed by atoms with Gasteiger partial charge in [-0.2, -0.15) is 0 Å². The number of nitro benzene ring substituents is 1. The zero-order valence-corrected chi connectivity index (χ0v) is 17.4. The molecule has 1 aliphatic heterocycles. The van der Waals surface area contributed by atoms with E-state index < -0.39 is 4.92 Å². The second-order valence-electron chi connectivity index (χ2n) is 7.23. The summed E-state index contributed by atoms with van der Waals surface area (Å²) in [6, 6.07) is 11.9. The third kappa shape index (κ3) is 5.55. The molecular weight excluding hydrogens is 408 g/mol. The SMILES string of the molecule is Cc1ccc(NC(=O)CN2CCN(C(=O)Cc3ccccc3Cl)CC2)cc1[N+](=O)[O-]. The van der Waals surface area contributed by atoms with Crippen molar-refractivity contribution in [1.29, 1.82) is 0 Å². The average Bonchev–Trinajstić information content (AvgIpc) is 2.71. The van der Waals surface area contributed by atoms with Gasteiger partial charge >= 0.3 is 0 Å². The smallest absolute Gasteiger partial charge is 0.274 e. The monoisotopic (exact) mass is 430 g/mol. The van der Waals surface area contributed by atoms with E-state index in [1.807, 2.05) is 23.1 Å². The molecule has 1 heterocycles. The normalized spacial score (nSPS) is 14.4. The van der Waals surface area contributed by atoms with E-state index in [4.69, 9.17) is 11.6 Å². The molecule has 30 heavy (non-hydrogen) atoms. The minimum Gasteiger partial charge on any atom is -0.340 e. The van der Waals surface area contributed by atoms with Crippen molar-refractivity contribution >= 4 is 34.8 Å². The lowest BCUT2D eigenvalue weighted by Crippen LogP contribution is -2.50. The van der Waals surface area contributed by atoms with Crippen molar-refractivity contribution in [3.63, 3.8) is 0 Å². The number of nitrogens with zero attached hydrogens (tertiary/aromatic N) is 3. The van der Waals surface area contributed by atoms with Crippen LogP contribution in [0.4, 0.5) is 11.4 Å². The van der Waals surface area contributed by atoms with Gasteiger partial charge in [0.2, 0.25) is 11.8 Å². The lowest BCUT2D eigenvalue weighted by atomic mass is 10.1. The summed E-state index contributed by atoms with van der Waals surface area (Å²) < 4.78 is 0. The molecule has 1 N–H and O–H groups in total. The molecule has 9 heteroatoms. The molecule has 0 aliphatic carbocycles. The third-order valence-corrected chi connectivity index (χ3v) is 5.45. The van der Waals surface area contributed by atoms with Gasteiger partial charge in [0.15, 0.2) is 0 Å². The van der Waals surface area contributed by atoms with Gasteiger partial charge in [0, 0.05) is 48.5 Å². The van der Waals surface area contributed by atoms with Crippen molar-refractivity contribution in [1.82, 2.24) is 9.80 Å². The summed E-state index contributed by atoms with van der Waals surface area (Å²) in [4.78, 5) is 39.1. The number of halogens is 1. The Bertz CT molecular complexity index is 958. The van der Waals surface area contributed by atoms with Gasteiger partial charge < -0.3 is 10.2 Å². The number of carbonyl (C=O) groups excluding carboxylic acids is 2. The lowest BCUT2D eigenvalue weighted by Gasteiger charge is -2.34. The molecule has 0 radical (unpaired) electrons. The third-order valence-electron chi connectivity index (χ3n) is 5.08. The summed E-state index contributed by atoms with van der Waals surface area (Å²) in [5.41, 5.74) is 1.71. The van der Waals surface area contributed by atoms with E-state index in [-0.39, 0.29) is 30.5 Å². The van der Waals surface area contributed by atoms with Gasteiger partial charge in [0.1, 0.15) is 0 Å². The minimum absolute atomic E-state index is 0.0131. The molecule has 0 atom stereocenters. The maximum Gasteiger partial charge on any atom is 0.274 e. The van der Waals surface area contributed by atoms with Gasteiger partial charge in [-0.1, -0.05) is 35.9 Å². The first-order valence-electron chi connectivity index (χ1n) is 9.62. The van der Waals surface area contributed by atoms with E-state index in [9.17, 15) is 19.7 Å². The van der Waals surface area contributed by atoms with Crippen LogP contribution in [0, 0.1) is 17.0 Å². The van der Waals surface area contributed by atoms with Gasteiger partial charge in [0.05, 0.1) is 17.9 Å². The van der Waals surface area contributed by atoms with Crippen LogP contribution in [0.5, 0.6) is 0 Å². The quantitative estimate of drug-likeness (QED) is 0.561. The Kier molecular flexibility index (Phi) is 7.02. The predicted molar refractivity (Wildman–Crippen MR) is 115 cm³/mol. The van der Waals surface area contributed by atoms with Crippen molar-refractivity contribution in [2.75, 3.05) is 38.0 Å². The fourth-order valence-electron chi connectivity index (χ4n) is 3.36. The molecule has 1 saturated heterocycles. The summed E-state index contributed by atoms with van der Waals surface area (Å²) in [6.07, 6.45) is 0.256. The number of carbonyl (C=O) groups is 2. The van der Waals surface area contributed by atoms with Crippen LogP contribution in [0.3, 0.4) is 0 Å². The Morgan fingerprint density at radius 1 is 1.13 bits per heavy atom. The first-order chi connectivity index (χ1) is 14.3. The van der Waals surface area contributed by atoms with E-state index in [1.54, 1.807) is 30.0 Å². The Balaban J connectivity index is 1.48. The molecule has 0 aromatic heterocycles. The van der Waals surface area contributed by atoms with Crippen LogP contribution in [0.2, 0.25) is 5.02 Å². The fourth-order valence-corrected chi connectivity index (χ4v) is 3.56. The zero-order chi connectivity index (χ0) is 21.7. The number of nitrogens with one attached hydrogen (secondary N) is 1. The summed E-state index contributed by atoms with van der Waals surface area (Å²) in [7, 11) is 0. The largest absolute Gasteiger partial charge is 0.340 e. The topological polar surface area (TPSA) is 95.8 Å². The zero-order valence-electron chi connectivity index (χ0n) is 16.6. The minimum atomic E-state index is -0.468. The van der Waals surface area contributed by atoms with Gasteiger partial charge in [-0.15, -0.1) is 0 Å². The van der Waals surface area contributed by atoms with E-state index in [0.29, 0.717) is 42.5 Å². The van der Waals surface area contributed by atoms with E-state index in [1.165, 1.54) is 6.07 Å². The van der Waals surface area contributed by atoms with E-state index >= 15 is 0 Å². The van der Waals surface area contributed by atoms with Gasteiger partial charge in [0.25, 0.3) is 5.69 Å². The number of anilines is 1. The molecule has 2 aromatic carbocycles. The Hall–Kier alpha value is -2.97. The summed E-state index contributed by atoms with van der Waals surface area (Å²) >= 11 is 6.13. The Morgan fingerprint density at radius 2 is 1.83 bits per heavy atom. The highest BCUT2D eigenvalue weighted by atomic mass is 35.5. The van der Waals surface area contributed by atoms with Gasteiger partial charge in [-0.25, -0.2) is 0 Å². The molecule has 0 unspecified atom stereocenters. The number of aryl methyl sites for hydroxylation is 1. The summed E-state index contributed by atoms with van der Waals surface area (Å²) in [5, 5.41) is 14.3. The molecule has 0 bridgehead atoms. The Labute approximate surface area is 179 Å². The van der Waals surface area contributed by atoms with Crippen LogP contribution in [0.25, 0.3) is 0 Å². The number of piperazine rings is 1. The molecular formula is C21H23ClN4O4. The predicted octanol–water partition coefficient (Wildman–Crippen LogP) is 2.88. The molecule has 3 rings (SSSR count). The van der Waals surface area contributed by atoms with Crippen LogP contribution < -0.4 is 5.32 Å². The van der Waals surface area contributed by atoms with Crippen molar-refractivity contribution < 1.29 is 14.5 Å².